The molecule has 1 aromatic heterocycles. The molecule has 1 aromatic carbocycles. The van der Waals surface area contributed by atoms with E-state index in [0.29, 0.717) is 5.56 Å². The number of ether oxygens (including phenoxy) is 1. The standard InChI is InChI=1S/C17H14F2N2O4S/c18-11-3-9(8-1-2-10(5-20)21-6-8)4-13(14(11)19)25-17-16(24)15(23)12(22)7-26-17/h1-4,6,12,15-17,22-24H,7H2/t12-,15+,16-,17-/m1/s1. The van der Waals surface area contributed by atoms with Crippen molar-refractivity contribution in [2.24, 2.45) is 0 Å². The normalized spacial score (nSPS) is 25.5. The summed E-state index contributed by atoms with van der Waals surface area (Å²) in [7, 11) is 0. The molecule has 1 fully saturated rings. The molecule has 1 saturated heterocycles. The minimum absolute atomic E-state index is 0.0756. The molecule has 26 heavy (non-hydrogen) atoms. The van der Waals surface area contributed by atoms with Gasteiger partial charge in [0, 0.05) is 17.5 Å². The van der Waals surface area contributed by atoms with Crippen molar-refractivity contribution in [1.29, 1.82) is 5.26 Å². The van der Waals surface area contributed by atoms with Crippen LogP contribution in [0, 0.1) is 23.0 Å². The first-order valence-electron chi connectivity index (χ1n) is 7.58. The molecule has 0 unspecified atom stereocenters. The third-order valence-corrected chi connectivity index (χ3v) is 5.14. The second-order valence-corrected chi connectivity index (χ2v) is 6.81. The van der Waals surface area contributed by atoms with Crippen LogP contribution in [0.4, 0.5) is 8.78 Å². The van der Waals surface area contributed by atoms with Crippen LogP contribution in [-0.2, 0) is 0 Å². The van der Waals surface area contributed by atoms with Crippen LogP contribution in [0.5, 0.6) is 5.75 Å². The minimum Gasteiger partial charge on any atom is -0.474 e. The smallest absolute Gasteiger partial charge is 0.200 e. The molecule has 3 N–H and O–H groups in total. The second kappa shape index (κ2) is 7.55. The predicted molar refractivity (Wildman–Crippen MR) is 89.2 cm³/mol. The largest absolute Gasteiger partial charge is 0.474 e. The number of rotatable bonds is 3. The van der Waals surface area contributed by atoms with Crippen LogP contribution in [0.3, 0.4) is 0 Å². The van der Waals surface area contributed by atoms with Gasteiger partial charge in [-0.05, 0) is 29.8 Å². The summed E-state index contributed by atoms with van der Waals surface area (Å²) in [6.07, 6.45) is -2.70. The first kappa shape index (κ1) is 18.5. The molecule has 1 aliphatic rings. The number of nitriles is 1. The Bertz CT molecular complexity index is 844. The highest BCUT2D eigenvalue weighted by atomic mass is 32.2. The van der Waals surface area contributed by atoms with Crippen molar-refractivity contribution in [2.75, 3.05) is 5.75 Å². The fourth-order valence-electron chi connectivity index (χ4n) is 2.46. The van der Waals surface area contributed by atoms with Gasteiger partial charge in [0.2, 0.25) is 5.82 Å². The number of aromatic nitrogens is 1. The van der Waals surface area contributed by atoms with Gasteiger partial charge >= 0.3 is 0 Å². The molecular formula is C17H14F2N2O4S. The highest BCUT2D eigenvalue weighted by molar-refractivity contribution is 7.99. The van der Waals surface area contributed by atoms with Gasteiger partial charge in [-0.25, -0.2) is 9.37 Å². The number of nitrogens with zero attached hydrogens (tertiary/aromatic N) is 2. The molecular weight excluding hydrogens is 366 g/mol. The van der Waals surface area contributed by atoms with E-state index in [1.807, 2.05) is 6.07 Å². The Morgan fingerprint density at radius 3 is 2.58 bits per heavy atom. The SMILES string of the molecule is N#Cc1ccc(-c2cc(F)c(F)c(O[C@@H]3SC[C@@H](O)[C@H](O)[C@H]3O)c2)cn1. The Morgan fingerprint density at radius 1 is 1.15 bits per heavy atom. The van der Waals surface area contributed by atoms with Crippen LogP contribution < -0.4 is 4.74 Å². The van der Waals surface area contributed by atoms with E-state index < -0.39 is 41.1 Å². The number of aliphatic hydroxyl groups is 3. The quantitative estimate of drug-likeness (QED) is 0.740. The van der Waals surface area contributed by atoms with E-state index in [2.05, 4.69) is 4.98 Å². The van der Waals surface area contributed by atoms with Gasteiger partial charge in [0.1, 0.15) is 24.0 Å². The molecule has 0 saturated carbocycles. The third kappa shape index (κ3) is 3.64. The van der Waals surface area contributed by atoms with E-state index in [-0.39, 0.29) is 17.0 Å². The first-order chi connectivity index (χ1) is 12.4. The molecule has 4 atom stereocenters. The maximum absolute atomic E-state index is 14.1. The summed E-state index contributed by atoms with van der Waals surface area (Å²) in [5.74, 6) is -2.75. The van der Waals surface area contributed by atoms with Crippen molar-refractivity contribution >= 4 is 11.8 Å². The molecule has 2 heterocycles. The summed E-state index contributed by atoms with van der Waals surface area (Å²) >= 11 is 0.979. The van der Waals surface area contributed by atoms with E-state index in [1.165, 1.54) is 24.4 Å². The van der Waals surface area contributed by atoms with Crippen molar-refractivity contribution < 1.29 is 28.8 Å². The Labute approximate surface area is 151 Å². The van der Waals surface area contributed by atoms with Crippen LogP contribution in [0.2, 0.25) is 0 Å². The van der Waals surface area contributed by atoms with E-state index in [1.54, 1.807) is 0 Å². The van der Waals surface area contributed by atoms with Crippen LogP contribution in [0.1, 0.15) is 5.69 Å². The molecule has 0 aliphatic carbocycles. The lowest BCUT2D eigenvalue weighted by atomic mass is 10.1. The zero-order valence-corrected chi connectivity index (χ0v) is 14.0. The summed E-state index contributed by atoms with van der Waals surface area (Å²) in [5.41, 5.74) is -0.175. The summed E-state index contributed by atoms with van der Waals surface area (Å²) < 4.78 is 33.4. The Kier molecular flexibility index (Phi) is 5.38. The highest BCUT2D eigenvalue weighted by Gasteiger charge is 2.39. The monoisotopic (exact) mass is 380 g/mol. The van der Waals surface area contributed by atoms with Gasteiger partial charge in [-0.1, -0.05) is 0 Å². The molecule has 2 aromatic rings. The van der Waals surface area contributed by atoms with Crippen LogP contribution in [0.25, 0.3) is 11.1 Å². The van der Waals surface area contributed by atoms with Crippen molar-refractivity contribution in [1.82, 2.24) is 4.98 Å². The van der Waals surface area contributed by atoms with Crippen molar-refractivity contribution in [3.05, 3.63) is 47.8 Å². The van der Waals surface area contributed by atoms with Gasteiger partial charge in [0.15, 0.2) is 17.0 Å². The number of thioether (sulfide) groups is 1. The number of hydrogen-bond acceptors (Lipinski definition) is 7. The summed E-state index contributed by atoms with van der Waals surface area (Å²) in [6, 6.07) is 7.04. The number of pyridine rings is 1. The van der Waals surface area contributed by atoms with Gasteiger partial charge in [-0.3, -0.25) is 0 Å². The first-order valence-corrected chi connectivity index (χ1v) is 8.63. The lowest BCUT2D eigenvalue weighted by molar-refractivity contribution is -0.0790. The fourth-order valence-corrected chi connectivity index (χ4v) is 3.57. The number of halogens is 2. The maximum Gasteiger partial charge on any atom is 0.200 e. The topological polar surface area (TPSA) is 107 Å². The van der Waals surface area contributed by atoms with E-state index in [4.69, 9.17) is 10.00 Å². The Morgan fingerprint density at radius 2 is 1.92 bits per heavy atom. The Balaban J connectivity index is 1.90. The van der Waals surface area contributed by atoms with Crippen LogP contribution >= 0.6 is 11.8 Å². The van der Waals surface area contributed by atoms with Crippen LogP contribution in [-0.4, -0.2) is 49.8 Å². The highest BCUT2D eigenvalue weighted by Crippen LogP contribution is 2.33. The molecule has 6 nitrogen and oxygen atoms in total. The summed E-state index contributed by atoms with van der Waals surface area (Å²) in [4.78, 5) is 3.88. The molecule has 1 aliphatic heterocycles. The van der Waals surface area contributed by atoms with E-state index in [9.17, 15) is 24.1 Å². The van der Waals surface area contributed by atoms with E-state index in [0.717, 1.165) is 17.8 Å². The van der Waals surface area contributed by atoms with Gasteiger partial charge in [0.05, 0.1) is 6.10 Å². The molecule has 3 rings (SSSR count). The molecule has 136 valence electrons. The van der Waals surface area contributed by atoms with Gasteiger partial charge in [0.25, 0.3) is 0 Å². The van der Waals surface area contributed by atoms with E-state index >= 15 is 0 Å². The van der Waals surface area contributed by atoms with Gasteiger partial charge < -0.3 is 20.1 Å². The van der Waals surface area contributed by atoms with Gasteiger partial charge in [-0.2, -0.15) is 9.65 Å². The fraction of sp³-hybridized carbons (Fsp3) is 0.294. The van der Waals surface area contributed by atoms with Gasteiger partial charge in [-0.15, -0.1) is 11.8 Å². The zero-order chi connectivity index (χ0) is 18.8. The molecule has 0 amide bonds. The molecule has 0 bridgehead atoms. The van der Waals surface area contributed by atoms with Crippen LogP contribution in [0.15, 0.2) is 30.5 Å². The molecule has 9 heteroatoms. The minimum atomic E-state index is -1.47. The zero-order valence-electron chi connectivity index (χ0n) is 13.2. The molecule has 0 radical (unpaired) electrons. The second-order valence-electron chi connectivity index (χ2n) is 5.68. The maximum atomic E-state index is 14.1. The van der Waals surface area contributed by atoms with Crippen molar-refractivity contribution in [3.63, 3.8) is 0 Å². The average Bonchev–Trinajstić information content (AvgIpc) is 2.65. The summed E-state index contributed by atoms with van der Waals surface area (Å²) in [6.45, 7) is 0. The predicted octanol–water partition coefficient (Wildman–Crippen LogP) is 1.43. The lowest BCUT2D eigenvalue weighted by Gasteiger charge is -2.34. The summed E-state index contributed by atoms with van der Waals surface area (Å²) in [5, 5.41) is 37.9. The molecule has 0 spiro atoms. The number of benzene rings is 1. The number of aliphatic hydroxyl groups excluding tert-OH is 3. The lowest BCUT2D eigenvalue weighted by Crippen LogP contribution is -2.50. The van der Waals surface area contributed by atoms with Crippen molar-refractivity contribution in [3.8, 4) is 22.9 Å². The average molecular weight is 380 g/mol. The third-order valence-electron chi connectivity index (χ3n) is 3.90. The van der Waals surface area contributed by atoms with Crippen molar-refractivity contribution in [2.45, 2.75) is 23.7 Å². The number of hydrogen-bond donors (Lipinski definition) is 3. The Hall–Kier alpha value is -2.25.